The van der Waals surface area contributed by atoms with Crippen molar-refractivity contribution in [1.82, 2.24) is 10.3 Å². The molecule has 6 nitrogen and oxygen atoms in total. The molecule has 1 amide bonds. The van der Waals surface area contributed by atoms with Crippen LogP contribution in [0.2, 0.25) is 0 Å². The molecule has 2 heterocycles. The number of hydrogen-bond donors (Lipinski definition) is 2. The molecule has 2 aromatic rings. The summed E-state index contributed by atoms with van der Waals surface area (Å²) in [5.41, 5.74) is 2.79. The van der Waals surface area contributed by atoms with Crippen LogP contribution in [0.1, 0.15) is 27.9 Å². The van der Waals surface area contributed by atoms with E-state index in [0.717, 1.165) is 5.56 Å². The molecule has 0 saturated carbocycles. The zero-order valence-electron chi connectivity index (χ0n) is 14.0. The first-order chi connectivity index (χ1) is 11.9. The first-order valence-corrected chi connectivity index (χ1v) is 10.0. The van der Waals surface area contributed by atoms with Gasteiger partial charge in [0.25, 0.3) is 5.91 Å². The van der Waals surface area contributed by atoms with E-state index in [0.29, 0.717) is 24.3 Å². The fourth-order valence-electron chi connectivity index (χ4n) is 2.74. The molecule has 1 saturated heterocycles. The average Bonchev–Trinajstić information content (AvgIpc) is 2.93. The monoisotopic (exact) mass is 359 g/mol. The van der Waals surface area contributed by atoms with Crippen LogP contribution in [-0.4, -0.2) is 36.9 Å². The molecule has 1 unspecified atom stereocenters. The van der Waals surface area contributed by atoms with Gasteiger partial charge in [-0.1, -0.05) is 29.8 Å². The number of sulfone groups is 1. The van der Waals surface area contributed by atoms with Gasteiger partial charge in [-0.2, -0.15) is 0 Å². The Morgan fingerprint density at radius 2 is 2.00 bits per heavy atom. The van der Waals surface area contributed by atoms with Crippen molar-refractivity contribution in [2.45, 2.75) is 25.9 Å². The third-order valence-electron chi connectivity index (χ3n) is 4.18. The van der Waals surface area contributed by atoms with Gasteiger partial charge < -0.3 is 10.6 Å². The molecule has 2 N–H and O–H groups in total. The third kappa shape index (κ3) is 4.79. The summed E-state index contributed by atoms with van der Waals surface area (Å²) >= 11 is 0. The maximum Gasteiger partial charge on any atom is 0.251 e. The zero-order chi connectivity index (χ0) is 17.9. The highest BCUT2D eigenvalue weighted by atomic mass is 32.2. The molecule has 0 aliphatic carbocycles. The SMILES string of the molecule is Cc1ccc(CNc2cc(C(=O)NC3CCS(=O)(=O)C3)ccn2)cc1. The third-order valence-corrected chi connectivity index (χ3v) is 5.95. The lowest BCUT2D eigenvalue weighted by Gasteiger charge is -2.12. The molecule has 0 radical (unpaired) electrons. The Bertz CT molecular complexity index is 863. The highest BCUT2D eigenvalue weighted by molar-refractivity contribution is 7.91. The Hall–Kier alpha value is -2.41. The van der Waals surface area contributed by atoms with E-state index in [4.69, 9.17) is 0 Å². The molecule has 1 aliphatic rings. The lowest BCUT2D eigenvalue weighted by atomic mass is 10.1. The van der Waals surface area contributed by atoms with Gasteiger partial charge in [0.15, 0.2) is 9.84 Å². The smallest absolute Gasteiger partial charge is 0.251 e. The standard InChI is InChI=1S/C18H21N3O3S/c1-13-2-4-14(5-3-13)11-20-17-10-15(6-8-19-17)18(22)21-16-7-9-25(23,24)12-16/h2-6,8,10,16H,7,9,11-12H2,1H3,(H,19,20)(H,21,22). The quantitative estimate of drug-likeness (QED) is 0.851. The molecule has 3 rings (SSSR count). The number of nitrogens with one attached hydrogen (secondary N) is 2. The Labute approximate surface area is 147 Å². The number of carbonyl (C=O) groups excluding carboxylic acids is 1. The summed E-state index contributed by atoms with van der Waals surface area (Å²) in [5, 5.41) is 5.98. The largest absolute Gasteiger partial charge is 0.366 e. The molecule has 0 bridgehead atoms. The van der Waals surface area contributed by atoms with Crippen LogP contribution in [0, 0.1) is 6.92 Å². The van der Waals surface area contributed by atoms with Gasteiger partial charge in [0.1, 0.15) is 5.82 Å². The zero-order valence-corrected chi connectivity index (χ0v) is 14.8. The van der Waals surface area contributed by atoms with Crippen molar-refractivity contribution >= 4 is 21.6 Å². The van der Waals surface area contributed by atoms with Gasteiger partial charge in [-0.3, -0.25) is 4.79 Å². The molecule has 1 aliphatic heterocycles. The van der Waals surface area contributed by atoms with Crippen molar-refractivity contribution in [2.75, 3.05) is 16.8 Å². The van der Waals surface area contributed by atoms with Crippen LogP contribution >= 0.6 is 0 Å². The summed E-state index contributed by atoms with van der Waals surface area (Å²) in [7, 11) is -3.01. The molecule has 132 valence electrons. The molecular formula is C18H21N3O3S. The Kier molecular flexibility index (Phi) is 5.03. The minimum Gasteiger partial charge on any atom is -0.366 e. The van der Waals surface area contributed by atoms with Gasteiger partial charge in [-0.25, -0.2) is 13.4 Å². The second-order valence-corrected chi connectivity index (χ2v) is 8.57. The van der Waals surface area contributed by atoms with Gasteiger partial charge in [0.2, 0.25) is 0 Å². The highest BCUT2D eigenvalue weighted by Crippen LogP contribution is 2.14. The van der Waals surface area contributed by atoms with E-state index in [2.05, 4.69) is 15.6 Å². The van der Waals surface area contributed by atoms with Crippen LogP contribution in [0.4, 0.5) is 5.82 Å². The first-order valence-electron chi connectivity index (χ1n) is 8.18. The van der Waals surface area contributed by atoms with Crippen LogP contribution in [0.5, 0.6) is 0 Å². The number of aromatic nitrogens is 1. The minimum atomic E-state index is -3.01. The minimum absolute atomic E-state index is 0.0162. The molecule has 25 heavy (non-hydrogen) atoms. The molecule has 1 aromatic heterocycles. The van der Waals surface area contributed by atoms with E-state index in [1.54, 1.807) is 18.3 Å². The summed E-state index contributed by atoms with van der Waals surface area (Å²) < 4.78 is 23.0. The van der Waals surface area contributed by atoms with Gasteiger partial charge in [-0.05, 0) is 31.0 Å². The highest BCUT2D eigenvalue weighted by Gasteiger charge is 2.29. The van der Waals surface area contributed by atoms with Gasteiger partial charge in [-0.15, -0.1) is 0 Å². The maximum atomic E-state index is 12.3. The number of nitrogens with zero attached hydrogens (tertiary/aromatic N) is 1. The number of aryl methyl sites for hydroxylation is 1. The van der Waals surface area contributed by atoms with E-state index in [9.17, 15) is 13.2 Å². The van der Waals surface area contributed by atoms with Gasteiger partial charge >= 0.3 is 0 Å². The number of anilines is 1. The topological polar surface area (TPSA) is 88.2 Å². The van der Waals surface area contributed by atoms with Crippen molar-refractivity contribution in [3.05, 3.63) is 59.3 Å². The number of benzene rings is 1. The number of carbonyl (C=O) groups is 1. The number of amides is 1. The molecule has 1 fully saturated rings. The lowest BCUT2D eigenvalue weighted by molar-refractivity contribution is 0.0941. The van der Waals surface area contributed by atoms with Crippen molar-refractivity contribution in [1.29, 1.82) is 0 Å². The fourth-order valence-corrected chi connectivity index (χ4v) is 4.42. The van der Waals surface area contributed by atoms with Crippen LogP contribution in [0.3, 0.4) is 0 Å². The van der Waals surface area contributed by atoms with Crippen LogP contribution in [0.15, 0.2) is 42.6 Å². The van der Waals surface area contributed by atoms with Gasteiger partial charge in [0.05, 0.1) is 11.5 Å². The van der Waals surface area contributed by atoms with E-state index in [1.807, 2.05) is 31.2 Å². The van der Waals surface area contributed by atoms with E-state index < -0.39 is 9.84 Å². The Morgan fingerprint density at radius 3 is 2.68 bits per heavy atom. The van der Waals surface area contributed by atoms with Crippen molar-refractivity contribution in [3.8, 4) is 0 Å². The number of hydrogen-bond acceptors (Lipinski definition) is 5. The molecule has 0 spiro atoms. The Balaban J connectivity index is 1.60. The van der Waals surface area contributed by atoms with Crippen molar-refractivity contribution < 1.29 is 13.2 Å². The lowest BCUT2D eigenvalue weighted by Crippen LogP contribution is -2.35. The molecule has 1 atom stereocenters. The normalized spacial score (nSPS) is 18.7. The number of rotatable bonds is 5. The van der Waals surface area contributed by atoms with E-state index in [1.165, 1.54) is 5.56 Å². The predicted octanol–water partition coefficient (Wildman–Crippen LogP) is 1.92. The predicted molar refractivity (Wildman–Crippen MR) is 97.3 cm³/mol. The van der Waals surface area contributed by atoms with Crippen molar-refractivity contribution in [2.24, 2.45) is 0 Å². The van der Waals surface area contributed by atoms with Crippen LogP contribution in [-0.2, 0) is 16.4 Å². The summed E-state index contributed by atoms with van der Waals surface area (Å²) in [4.78, 5) is 16.5. The summed E-state index contributed by atoms with van der Waals surface area (Å²) in [6.07, 6.45) is 2.04. The second-order valence-electron chi connectivity index (χ2n) is 6.34. The molecule has 7 heteroatoms. The van der Waals surface area contributed by atoms with Crippen LogP contribution < -0.4 is 10.6 Å². The van der Waals surface area contributed by atoms with Crippen molar-refractivity contribution in [3.63, 3.8) is 0 Å². The van der Waals surface area contributed by atoms with E-state index >= 15 is 0 Å². The summed E-state index contributed by atoms with van der Waals surface area (Å²) in [6.45, 7) is 2.65. The van der Waals surface area contributed by atoms with Crippen LogP contribution in [0.25, 0.3) is 0 Å². The average molecular weight is 359 g/mol. The Morgan fingerprint density at radius 1 is 1.24 bits per heavy atom. The fraction of sp³-hybridized carbons (Fsp3) is 0.333. The number of pyridine rings is 1. The summed E-state index contributed by atoms with van der Waals surface area (Å²) in [6, 6.07) is 11.2. The second kappa shape index (κ2) is 7.23. The summed E-state index contributed by atoms with van der Waals surface area (Å²) in [5.74, 6) is 0.482. The van der Waals surface area contributed by atoms with E-state index in [-0.39, 0.29) is 23.5 Å². The molecular weight excluding hydrogens is 338 g/mol. The first kappa shape index (κ1) is 17.4. The molecule has 1 aromatic carbocycles. The maximum absolute atomic E-state index is 12.3. The van der Waals surface area contributed by atoms with Gasteiger partial charge in [0, 0.05) is 24.3 Å².